The molecule has 0 bridgehead atoms. The van der Waals surface area contributed by atoms with Crippen molar-refractivity contribution in [2.75, 3.05) is 59.3 Å². The number of aliphatic hydroxyl groups is 9. The summed E-state index contributed by atoms with van der Waals surface area (Å²) >= 11 is 0. The summed E-state index contributed by atoms with van der Waals surface area (Å²) in [5.74, 6) is -6.29. The van der Waals surface area contributed by atoms with Gasteiger partial charge in [0.05, 0.1) is 19.8 Å². The molecule has 4 fully saturated rings. The van der Waals surface area contributed by atoms with Gasteiger partial charge in [-0.15, -0.1) is 0 Å². The first-order valence-electron chi connectivity index (χ1n) is 34.4. The van der Waals surface area contributed by atoms with Crippen LogP contribution in [0.25, 0.3) is 0 Å². The molecule has 10 amide bonds. The van der Waals surface area contributed by atoms with E-state index in [4.69, 9.17) is 28.4 Å². The number of benzene rings is 1. The van der Waals surface area contributed by atoms with E-state index >= 15 is 0 Å². The third kappa shape index (κ3) is 27.3. The summed E-state index contributed by atoms with van der Waals surface area (Å²) in [6.45, 7) is 2.61. The molecule has 4 saturated heterocycles. The minimum atomic E-state index is -1.49. The second-order valence-electron chi connectivity index (χ2n) is 25.4. The molecule has 0 spiro atoms. The normalized spacial score (nSPS) is 26.9. The summed E-state index contributed by atoms with van der Waals surface area (Å²) in [6, 6.07) is -1.79. The largest absolute Gasteiger partial charge is 0.508 e. The fraction of sp³-hybridized carbons (Fsp3) is 0.754. The van der Waals surface area contributed by atoms with Gasteiger partial charge in [0.15, 0.2) is 18.9 Å². The molecule has 18 atom stereocenters. The molecule has 5 rings (SSSR count). The van der Waals surface area contributed by atoms with Gasteiger partial charge in [-0.25, -0.2) is 0 Å². The Labute approximate surface area is 579 Å². The lowest BCUT2D eigenvalue weighted by atomic mass is 9.97. The predicted molar refractivity (Wildman–Crippen MR) is 347 cm³/mol. The van der Waals surface area contributed by atoms with Crippen LogP contribution in [-0.4, -0.2) is 284 Å². The van der Waals surface area contributed by atoms with Crippen molar-refractivity contribution < 1.29 is 127 Å². The van der Waals surface area contributed by atoms with Crippen molar-refractivity contribution in [2.45, 2.75) is 253 Å². The molecule has 35 nitrogen and oxygen atoms in total. The summed E-state index contributed by atoms with van der Waals surface area (Å²) in [5, 5.41) is 123. The highest BCUT2D eigenvalue weighted by Crippen LogP contribution is 2.27. The van der Waals surface area contributed by atoms with Gasteiger partial charge in [0.1, 0.15) is 96.9 Å². The first-order chi connectivity index (χ1) is 47.8. The number of phenolic OH excluding ortho intramolecular Hbond substituents is 1. The second-order valence-corrected chi connectivity index (χ2v) is 25.4. The Kier molecular flexibility index (Phi) is 36.9. The van der Waals surface area contributed by atoms with E-state index in [9.17, 15) is 99.0 Å². The highest BCUT2D eigenvalue weighted by atomic mass is 16.7. The van der Waals surface area contributed by atoms with Gasteiger partial charge >= 0.3 is 0 Å². The number of nitrogens with one attached hydrogen (secondary N) is 8. The third-order valence-corrected chi connectivity index (χ3v) is 17.4. The molecule has 1 aromatic carbocycles. The monoisotopic (exact) mass is 1430 g/mol. The smallest absolute Gasteiger partial charge is 0.244 e. The van der Waals surface area contributed by atoms with Crippen LogP contribution in [0.15, 0.2) is 24.3 Å². The first kappa shape index (κ1) is 84.0. The van der Waals surface area contributed by atoms with Gasteiger partial charge in [-0.05, 0) is 69.1 Å². The van der Waals surface area contributed by atoms with Gasteiger partial charge in [-0.3, -0.25) is 52.8 Å². The number of phenols is 1. The fourth-order valence-electron chi connectivity index (χ4n) is 11.9. The molecule has 100 heavy (non-hydrogen) atoms. The lowest BCUT2D eigenvalue weighted by Gasteiger charge is -2.42. The number of nitrogens with zero attached hydrogens (tertiary/aromatic N) is 1. The van der Waals surface area contributed by atoms with E-state index in [1.54, 1.807) is 0 Å². The van der Waals surface area contributed by atoms with E-state index in [2.05, 4.69) is 42.5 Å². The quantitative estimate of drug-likeness (QED) is 0.0215. The molecule has 0 saturated carbocycles. The molecule has 4 aliphatic heterocycles. The molecule has 4 heterocycles. The van der Waals surface area contributed by atoms with E-state index in [1.807, 2.05) is 0 Å². The Morgan fingerprint density at radius 2 is 0.820 bits per heavy atom. The predicted octanol–water partition coefficient (Wildman–Crippen LogP) is -5.11. The summed E-state index contributed by atoms with van der Waals surface area (Å²) in [7, 11) is 0. The summed E-state index contributed by atoms with van der Waals surface area (Å²) in [6.07, 6.45) is -11.3. The number of unbranched alkanes of at least 4 members (excludes halogenated alkanes) is 9. The van der Waals surface area contributed by atoms with Crippen molar-refractivity contribution in [2.24, 2.45) is 0 Å². The number of hydrogen-bond donors (Lipinski definition) is 18. The number of carbonyl (C=O) groups is 10. The molecular formula is C65H105N9O26. The molecule has 4 aliphatic rings. The highest BCUT2D eigenvalue weighted by Gasteiger charge is 2.48. The highest BCUT2D eigenvalue weighted by molar-refractivity contribution is 6.06. The number of hydrogen-bond acceptors (Lipinski definition) is 26. The fourth-order valence-corrected chi connectivity index (χ4v) is 11.9. The van der Waals surface area contributed by atoms with Crippen molar-refractivity contribution in [3.8, 4) is 5.75 Å². The second kappa shape index (κ2) is 44.0. The lowest BCUT2D eigenvalue weighted by Crippen LogP contribution is -2.64. The molecule has 0 radical (unpaired) electrons. The number of aromatic hydroxyl groups is 1. The number of aliphatic hydroxyl groups excluding tert-OH is 9. The number of imide groups is 1. The topological polar surface area (TPSA) is 528 Å². The molecule has 0 aliphatic carbocycles. The molecule has 35 heteroatoms. The zero-order valence-electron chi connectivity index (χ0n) is 57.0. The minimum absolute atomic E-state index is 0.0769. The van der Waals surface area contributed by atoms with Gasteiger partial charge in [0, 0.05) is 92.3 Å². The van der Waals surface area contributed by atoms with Crippen molar-refractivity contribution in [3.63, 3.8) is 0 Å². The maximum atomic E-state index is 14.4. The number of rotatable bonds is 44. The van der Waals surface area contributed by atoms with Crippen LogP contribution in [0.1, 0.15) is 142 Å². The van der Waals surface area contributed by atoms with E-state index < -0.39 is 195 Å². The molecular weight excluding hydrogens is 1320 g/mol. The van der Waals surface area contributed by atoms with Crippen molar-refractivity contribution in [1.29, 1.82) is 0 Å². The molecule has 1 aromatic rings. The Morgan fingerprint density at radius 1 is 0.470 bits per heavy atom. The zero-order chi connectivity index (χ0) is 73.4. The van der Waals surface area contributed by atoms with E-state index in [0.717, 1.165) is 4.90 Å². The van der Waals surface area contributed by atoms with Crippen molar-refractivity contribution in [3.05, 3.63) is 29.8 Å². The molecule has 566 valence electrons. The summed E-state index contributed by atoms with van der Waals surface area (Å²) < 4.78 is 34.2. The Bertz CT molecular complexity index is 2740. The van der Waals surface area contributed by atoms with Crippen molar-refractivity contribution in [1.82, 2.24) is 47.4 Å². The van der Waals surface area contributed by atoms with Gasteiger partial charge in [0.2, 0.25) is 59.1 Å². The van der Waals surface area contributed by atoms with Gasteiger partial charge in [0.25, 0.3) is 0 Å². The van der Waals surface area contributed by atoms with Gasteiger partial charge in [-0.1, -0.05) is 50.7 Å². The van der Waals surface area contributed by atoms with E-state index in [-0.39, 0.29) is 83.7 Å². The Balaban J connectivity index is 1.20. The maximum Gasteiger partial charge on any atom is 0.244 e. The molecule has 18 N–H and O–H groups in total. The van der Waals surface area contributed by atoms with Crippen LogP contribution >= 0.6 is 0 Å². The molecule has 0 unspecified atom stereocenters. The molecule has 0 aromatic heterocycles. The summed E-state index contributed by atoms with van der Waals surface area (Å²) in [4.78, 5) is 132. The minimum Gasteiger partial charge on any atom is -0.508 e. The van der Waals surface area contributed by atoms with Gasteiger partial charge < -0.3 is 122 Å². The first-order valence-corrected chi connectivity index (χ1v) is 34.4. The van der Waals surface area contributed by atoms with Crippen molar-refractivity contribution >= 4 is 59.1 Å². The number of amides is 10. The Morgan fingerprint density at radius 3 is 1.19 bits per heavy atom. The standard InChI is InChI=1S/C65H105N9O26/c1-36(78)69-51-57(89)54(86)44(33-75)98-63(51)95-29-13-7-4-10-26-66-47(82)22-20-41(60(92)67-27-11-5-8-14-30-96-64-52(70-37(2)79)58(90)55(87)45(34-76)99-64)72-48(83)23-21-42(73-62(94)43(74-49(84)24-25-50(74)85)32-39-16-18-40(81)19-17-39)61(93)68-28-12-6-9-15-31-97-65-53(71-38(3)80)59(91)56(88)46(35-77)100-65/h16-19,41-46,51-59,63-65,75-77,81,86-91H,4-15,20-35H2,1-3H3,(H,66,82)(H,67,92)(H,68,93)(H,69,78)(H,70,79)(H,71,80)(H,72,83)(H,73,94)/t41-,42-,43-,44+,45+,46+,51+,52+,53+,54-,55-,56-,57+,58+,59+,63+,64+,65+/m0/s1. The summed E-state index contributed by atoms with van der Waals surface area (Å²) in [5.41, 5.74) is 0.463. The van der Waals surface area contributed by atoms with Crippen LogP contribution in [-0.2, 0) is 82.8 Å². The van der Waals surface area contributed by atoms with Crippen LogP contribution in [0.5, 0.6) is 5.75 Å². The Hall–Kier alpha value is -6.68. The third-order valence-electron chi connectivity index (χ3n) is 17.4. The van der Waals surface area contributed by atoms with Crippen LogP contribution in [0.3, 0.4) is 0 Å². The van der Waals surface area contributed by atoms with E-state index in [0.29, 0.717) is 82.6 Å². The maximum absolute atomic E-state index is 14.4. The van der Waals surface area contributed by atoms with Crippen LogP contribution in [0.4, 0.5) is 0 Å². The SMILES string of the molecule is CC(=O)N[C@H]1[C@H](OCCCCCCNC(=O)CC[C@H](NC(=O)CC[C@H](NC(=O)[C@H](Cc2ccc(O)cc2)N2C(=O)CCC2=O)C(=O)NCCCCCCO[C@@H]2O[C@H](CO)[C@H](O)[C@H](O)[C@H]2NC(C)=O)C(=O)NCCCCCCO[C@@H]2O[C@H](CO)[C@H](O)[C@H](O)[C@H]2NC(C)=O)O[C@H](CO)[C@H](O)[C@@H]1O. The number of carbonyl (C=O) groups excluding carboxylic acids is 10. The number of likely N-dealkylation sites (tertiary alicyclic amines) is 1. The van der Waals surface area contributed by atoms with Crippen LogP contribution in [0.2, 0.25) is 0 Å². The average Bonchev–Trinajstić information content (AvgIpc) is 1.22. The zero-order valence-corrected chi connectivity index (χ0v) is 57.0. The average molecular weight is 1430 g/mol. The van der Waals surface area contributed by atoms with Crippen LogP contribution in [0, 0.1) is 0 Å². The number of ether oxygens (including phenoxy) is 6. The van der Waals surface area contributed by atoms with Crippen LogP contribution < -0.4 is 42.5 Å². The lowest BCUT2D eigenvalue weighted by molar-refractivity contribution is -0.270. The van der Waals surface area contributed by atoms with E-state index in [1.165, 1.54) is 45.0 Å². The van der Waals surface area contributed by atoms with Gasteiger partial charge in [-0.2, -0.15) is 0 Å².